The third-order valence-corrected chi connectivity index (χ3v) is 7.68. The Morgan fingerprint density at radius 3 is 2.69 bits per heavy atom. The summed E-state index contributed by atoms with van der Waals surface area (Å²) in [5.74, 6) is 0.0842. The number of hydrogen-bond donors (Lipinski definition) is 1. The Labute approximate surface area is 154 Å². The number of nitrogens with one attached hydrogen (secondary N) is 1. The van der Waals surface area contributed by atoms with Crippen molar-refractivity contribution in [3.05, 3.63) is 53.9 Å². The first-order valence-corrected chi connectivity index (χ1v) is 11.4. The zero-order chi connectivity index (χ0) is 18.8. The van der Waals surface area contributed by atoms with Crippen molar-refractivity contribution >= 4 is 25.7 Å². The minimum absolute atomic E-state index is 0.0643. The Bertz CT molecular complexity index is 990. The molecule has 0 spiro atoms. The largest absolute Gasteiger partial charge is 0.270 e. The molecule has 0 atom stereocenters. The van der Waals surface area contributed by atoms with E-state index in [1.54, 1.807) is 43.5 Å². The number of sulfonamides is 2. The third-order valence-electron chi connectivity index (χ3n) is 4.27. The van der Waals surface area contributed by atoms with E-state index >= 15 is 0 Å². The normalized spacial score (nSPS) is 17.2. The molecule has 1 aromatic carbocycles. The van der Waals surface area contributed by atoms with Crippen LogP contribution in [0.3, 0.4) is 0 Å². The molecule has 2 heterocycles. The van der Waals surface area contributed by atoms with Crippen LogP contribution in [0.2, 0.25) is 0 Å². The van der Waals surface area contributed by atoms with Crippen LogP contribution >= 0.6 is 0 Å². The molecule has 0 saturated carbocycles. The van der Waals surface area contributed by atoms with Gasteiger partial charge in [-0.05, 0) is 49.6 Å². The molecule has 9 heteroatoms. The molecule has 26 heavy (non-hydrogen) atoms. The fraction of sp³-hybridized carbons (Fsp3) is 0.353. The summed E-state index contributed by atoms with van der Waals surface area (Å²) in [7, 11) is -7.20. The van der Waals surface area contributed by atoms with Gasteiger partial charge in [-0.1, -0.05) is 12.1 Å². The molecule has 1 aromatic heterocycles. The number of nitrogens with zero attached hydrogens (tertiary/aromatic N) is 2. The average Bonchev–Trinajstić information content (AvgIpc) is 2.61. The van der Waals surface area contributed by atoms with Gasteiger partial charge in [-0.25, -0.2) is 21.6 Å². The van der Waals surface area contributed by atoms with E-state index in [9.17, 15) is 16.8 Å². The number of aryl methyl sites for hydroxylation is 1. The SMILES string of the molecule is Cc1ccc(N2CCCCS2(=O)=O)cc1S(=O)(=O)NCc1ccccn1. The van der Waals surface area contributed by atoms with Crippen molar-refractivity contribution < 1.29 is 16.8 Å². The van der Waals surface area contributed by atoms with Gasteiger partial charge >= 0.3 is 0 Å². The summed E-state index contributed by atoms with van der Waals surface area (Å²) in [5, 5.41) is 0. The van der Waals surface area contributed by atoms with Gasteiger partial charge in [-0.3, -0.25) is 9.29 Å². The lowest BCUT2D eigenvalue weighted by atomic mass is 10.2. The first-order chi connectivity index (χ1) is 12.3. The lowest BCUT2D eigenvalue weighted by Crippen LogP contribution is -2.38. The van der Waals surface area contributed by atoms with Crippen LogP contribution in [-0.2, 0) is 26.6 Å². The van der Waals surface area contributed by atoms with Gasteiger partial charge < -0.3 is 0 Å². The number of aromatic nitrogens is 1. The van der Waals surface area contributed by atoms with Crippen LogP contribution in [0.5, 0.6) is 0 Å². The molecule has 1 fully saturated rings. The molecule has 0 amide bonds. The van der Waals surface area contributed by atoms with Crippen LogP contribution in [-0.4, -0.2) is 34.1 Å². The molecule has 1 saturated heterocycles. The molecule has 140 valence electrons. The summed E-state index contributed by atoms with van der Waals surface area (Å²) in [5.41, 5.74) is 1.54. The molecular formula is C17H21N3O4S2. The molecule has 0 bridgehead atoms. The lowest BCUT2D eigenvalue weighted by molar-refractivity contribution is 0.572. The van der Waals surface area contributed by atoms with Crippen LogP contribution in [0.15, 0.2) is 47.5 Å². The van der Waals surface area contributed by atoms with Crippen molar-refractivity contribution in [1.29, 1.82) is 0 Å². The Hall–Kier alpha value is -1.97. The van der Waals surface area contributed by atoms with E-state index in [0.717, 1.165) is 6.42 Å². The van der Waals surface area contributed by atoms with Gasteiger partial charge in [-0.2, -0.15) is 0 Å². The molecule has 0 radical (unpaired) electrons. The second-order valence-electron chi connectivity index (χ2n) is 6.19. The van der Waals surface area contributed by atoms with Gasteiger partial charge in [0.1, 0.15) is 0 Å². The third kappa shape index (κ3) is 4.05. The summed E-state index contributed by atoms with van der Waals surface area (Å²) >= 11 is 0. The predicted molar refractivity (Wildman–Crippen MR) is 99.8 cm³/mol. The second-order valence-corrected chi connectivity index (χ2v) is 9.94. The number of anilines is 1. The Morgan fingerprint density at radius 1 is 1.19 bits per heavy atom. The van der Waals surface area contributed by atoms with Crippen LogP contribution in [0, 0.1) is 6.92 Å². The Balaban J connectivity index is 1.89. The summed E-state index contributed by atoms with van der Waals surface area (Å²) in [6, 6.07) is 9.98. The van der Waals surface area contributed by atoms with Crippen molar-refractivity contribution in [3.8, 4) is 0 Å². The van der Waals surface area contributed by atoms with Crippen molar-refractivity contribution in [2.24, 2.45) is 0 Å². The number of pyridine rings is 1. The van der Waals surface area contributed by atoms with Crippen molar-refractivity contribution in [2.45, 2.75) is 31.2 Å². The van der Waals surface area contributed by atoms with Crippen molar-refractivity contribution in [3.63, 3.8) is 0 Å². The molecule has 1 aliphatic rings. The highest BCUT2D eigenvalue weighted by Crippen LogP contribution is 2.27. The van der Waals surface area contributed by atoms with E-state index in [1.165, 1.54) is 10.4 Å². The van der Waals surface area contributed by atoms with Crippen LogP contribution < -0.4 is 9.03 Å². The molecule has 1 N–H and O–H groups in total. The van der Waals surface area contributed by atoms with E-state index in [4.69, 9.17) is 0 Å². The highest BCUT2D eigenvalue weighted by Gasteiger charge is 2.27. The summed E-state index contributed by atoms with van der Waals surface area (Å²) in [6.07, 6.45) is 2.98. The van der Waals surface area contributed by atoms with Gasteiger partial charge in [0.25, 0.3) is 0 Å². The number of hydrogen-bond acceptors (Lipinski definition) is 5. The summed E-state index contributed by atoms with van der Waals surface area (Å²) < 4.78 is 53.8. The van der Waals surface area contributed by atoms with Gasteiger partial charge in [0.15, 0.2) is 0 Å². The maximum atomic E-state index is 12.7. The Morgan fingerprint density at radius 2 is 2.00 bits per heavy atom. The molecule has 3 rings (SSSR count). The highest BCUT2D eigenvalue weighted by atomic mass is 32.2. The maximum absolute atomic E-state index is 12.7. The van der Waals surface area contributed by atoms with E-state index in [1.807, 2.05) is 0 Å². The van der Waals surface area contributed by atoms with Crippen LogP contribution in [0.4, 0.5) is 5.69 Å². The van der Waals surface area contributed by atoms with Crippen molar-refractivity contribution in [2.75, 3.05) is 16.6 Å². The summed E-state index contributed by atoms with van der Waals surface area (Å²) in [4.78, 5) is 4.17. The molecule has 7 nitrogen and oxygen atoms in total. The van der Waals surface area contributed by atoms with E-state index in [-0.39, 0.29) is 17.2 Å². The zero-order valence-electron chi connectivity index (χ0n) is 14.4. The second kappa shape index (κ2) is 7.34. The average molecular weight is 396 g/mol. The summed E-state index contributed by atoms with van der Waals surface area (Å²) in [6.45, 7) is 2.12. The number of benzene rings is 1. The van der Waals surface area contributed by atoms with Gasteiger partial charge in [0, 0.05) is 12.7 Å². The van der Waals surface area contributed by atoms with E-state index in [2.05, 4.69) is 9.71 Å². The number of rotatable bonds is 5. The quantitative estimate of drug-likeness (QED) is 0.833. The highest BCUT2D eigenvalue weighted by molar-refractivity contribution is 7.92. The minimum atomic E-state index is -3.80. The fourth-order valence-corrected chi connectivity index (χ4v) is 5.75. The van der Waals surface area contributed by atoms with Gasteiger partial charge in [0.2, 0.25) is 20.0 Å². The lowest BCUT2D eigenvalue weighted by Gasteiger charge is -2.28. The van der Waals surface area contributed by atoms with E-state index < -0.39 is 20.0 Å². The zero-order valence-corrected chi connectivity index (χ0v) is 16.1. The smallest absolute Gasteiger partial charge is 0.241 e. The Kier molecular flexibility index (Phi) is 5.31. The molecule has 2 aromatic rings. The van der Waals surface area contributed by atoms with Crippen molar-refractivity contribution in [1.82, 2.24) is 9.71 Å². The minimum Gasteiger partial charge on any atom is -0.270 e. The predicted octanol–water partition coefficient (Wildman–Crippen LogP) is 1.80. The van der Waals surface area contributed by atoms with Gasteiger partial charge in [-0.15, -0.1) is 0 Å². The molecule has 0 aliphatic carbocycles. The first-order valence-electron chi connectivity index (χ1n) is 8.30. The topological polar surface area (TPSA) is 96.4 Å². The van der Waals surface area contributed by atoms with Crippen LogP contribution in [0.25, 0.3) is 0 Å². The maximum Gasteiger partial charge on any atom is 0.241 e. The molecule has 1 aliphatic heterocycles. The first kappa shape index (κ1) is 18.8. The molecule has 0 unspecified atom stereocenters. The standard InChI is InChI=1S/C17H21N3O4S2/c1-14-7-8-16(20-10-4-5-11-25(20,21)22)12-17(14)26(23,24)19-13-15-6-2-3-9-18-15/h2-3,6-9,12,19H,4-5,10-11,13H2,1H3. The van der Waals surface area contributed by atoms with E-state index in [0.29, 0.717) is 29.9 Å². The monoisotopic (exact) mass is 395 g/mol. The van der Waals surface area contributed by atoms with Gasteiger partial charge in [0.05, 0.1) is 28.6 Å². The van der Waals surface area contributed by atoms with Crippen LogP contribution in [0.1, 0.15) is 24.1 Å². The molecular weight excluding hydrogens is 374 g/mol. The fourth-order valence-electron chi connectivity index (χ4n) is 2.86.